The molecule has 2 rings (SSSR count). The molecule has 1 unspecified atom stereocenters. The number of nitrogens with zero attached hydrogens (tertiary/aromatic N) is 1. The molecule has 1 heterocycles. The average molecular weight is 362 g/mol. The molecule has 0 radical (unpaired) electrons. The Morgan fingerprint density at radius 3 is 2.50 bits per heavy atom. The summed E-state index contributed by atoms with van der Waals surface area (Å²) in [4.78, 5) is 49.1. The summed E-state index contributed by atoms with van der Waals surface area (Å²) in [6, 6.07) is 6.00. The number of piperidine rings is 1. The fourth-order valence-electron chi connectivity index (χ4n) is 2.75. The van der Waals surface area contributed by atoms with Crippen molar-refractivity contribution in [3.63, 3.8) is 0 Å². The second-order valence-electron chi connectivity index (χ2n) is 5.87. The van der Waals surface area contributed by atoms with Crippen LogP contribution < -0.4 is 5.32 Å². The van der Waals surface area contributed by atoms with Crippen molar-refractivity contribution in [2.24, 2.45) is 5.92 Å². The lowest BCUT2D eigenvalue weighted by atomic mass is 9.98. The summed E-state index contributed by atoms with van der Waals surface area (Å²) in [5, 5.41) is 2.49. The van der Waals surface area contributed by atoms with Crippen molar-refractivity contribution in [2.75, 3.05) is 32.1 Å². The number of anilines is 1. The van der Waals surface area contributed by atoms with Gasteiger partial charge in [-0.3, -0.25) is 14.4 Å². The monoisotopic (exact) mass is 362 g/mol. The lowest BCUT2D eigenvalue weighted by Crippen LogP contribution is -2.47. The topological polar surface area (TPSA) is 102 Å². The van der Waals surface area contributed by atoms with E-state index in [9.17, 15) is 19.2 Å². The molecule has 1 aromatic rings. The van der Waals surface area contributed by atoms with Crippen molar-refractivity contribution in [1.82, 2.24) is 4.90 Å². The number of nitrogens with one attached hydrogen (secondary N) is 1. The zero-order chi connectivity index (χ0) is 19.1. The van der Waals surface area contributed by atoms with Crippen LogP contribution in [0, 0.1) is 5.92 Å². The molecule has 1 saturated heterocycles. The highest BCUT2D eigenvalue weighted by atomic mass is 16.5. The van der Waals surface area contributed by atoms with E-state index in [1.54, 1.807) is 6.92 Å². The van der Waals surface area contributed by atoms with Gasteiger partial charge in [-0.2, -0.15) is 0 Å². The van der Waals surface area contributed by atoms with E-state index < -0.39 is 23.7 Å². The third-order valence-corrected chi connectivity index (χ3v) is 4.09. The normalized spacial score (nSPS) is 16.5. The highest BCUT2D eigenvalue weighted by Crippen LogP contribution is 2.18. The van der Waals surface area contributed by atoms with Gasteiger partial charge in [-0.25, -0.2) is 4.79 Å². The molecule has 0 bridgehead atoms. The second-order valence-corrected chi connectivity index (χ2v) is 5.87. The van der Waals surface area contributed by atoms with Crippen molar-refractivity contribution in [3.05, 3.63) is 29.8 Å². The summed E-state index contributed by atoms with van der Waals surface area (Å²) in [6.07, 6.45) is 1.27. The second kappa shape index (κ2) is 8.98. The zero-order valence-corrected chi connectivity index (χ0v) is 14.8. The van der Waals surface area contributed by atoms with Gasteiger partial charge >= 0.3 is 23.8 Å². The van der Waals surface area contributed by atoms with Crippen molar-refractivity contribution in [1.29, 1.82) is 0 Å². The van der Waals surface area contributed by atoms with Crippen LogP contribution >= 0.6 is 0 Å². The van der Waals surface area contributed by atoms with E-state index in [0.717, 1.165) is 0 Å². The Balaban J connectivity index is 1.95. The first-order chi connectivity index (χ1) is 12.5. The Labute approximate surface area is 151 Å². The molecule has 140 valence electrons. The Hall–Kier alpha value is -2.90. The highest BCUT2D eigenvalue weighted by molar-refractivity contribution is 6.39. The van der Waals surface area contributed by atoms with Gasteiger partial charge in [-0.15, -0.1) is 0 Å². The minimum atomic E-state index is -0.791. The van der Waals surface area contributed by atoms with Gasteiger partial charge < -0.3 is 19.7 Å². The van der Waals surface area contributed by atoms with Crippen molar-refractivity contribution in [3.8, 4) is 0 Å². The van der Waals surface area contributed by atoms with Crippen molar-refractivity contribution in [2.45, 2.75) is 19.8 Å². The van der Waals surface area contributed by atoms with Crippen LogP contribution in [-0.4, -0.2) is 55.5 Å². The Morgan fingerprint density at radius 2 is 1.88 bits per heavy atom. The molecule has 1 N–H and O–H groups in total. The average Bonchev–Trinajstić information content (AvgIpc) is 2.67. The van der Waals surface area contributed by atoms with Crippen LogP contribution in [0.3, 0.4) is 0 Å². The van der Waals surface area contributed by atoms with Gasteiger partial charge in [0.2, 0.25) is 0 Å². The van der Waals surface area contributed by atoms with Gasteiger partial charge in [0, 0.05) is 18.8 Å². The molecule has 0 aliphatic carbocycles. The van der Waals surface area contributed by atoms with Crippen molar-refractivity contribution < 1.29 is 28.7 Å². The molecule has 2 amide bonds. The third kappa shape index (κ3) is 4.81. The van der Waals surface area contributed by atoms with Gasteiger partial charge in [-0.05, 0) is 44.0 Å². The van der Waals surface area contributed by atoms with E-state index in [4.69, 9.17) is 4.74 Å². The first-order valence-corrected chi connectivity index (χ1v) is 8.41. The Morgan fingerprint density at radius 1 is 1.19 bits per heavy atom. The lowest BCUT2D eigenvalue weighted by Gasteiger charge is -2.30. The minimum absolute atomic E-state index is 0.173. The molecule has 1 aromatic carbocycles. The maximum Gasteiger partial charge on any atom is 0.337 e. The maximum absolute atomic E-state index is 12.3. The number of esters is 2. The van der Waals surface area contributed by atoms with Crippen LogP contribution in [0.25, 0.3) is 0 Å². The number of rotatable bonds is 4. The molecule has 1 fully saturated rings. The van der Waals surface area contributed by atoms with Gasteiger partial charge in [0.25, 0.3) is 0 Å². The van der Waals surface area contributed by atoms with Crippen LogP contribution in [0.15, 0.2) is 24.3 Å². The fourth-order valence-corrected chi connectivity index (χ4v) is 2.75. The molecular formula is C18H22N2O6. The number of hydrogen-bond acceptors (Lipinski definition) is 6. The van der Waals surface area contributed by atoms with Crippen LogP contribution in [-0.2, 0) is 23.9 Å². The Bertz CT molecular complexity index is 685. The third-order valence-electron chi connectivity index (χ3n) is 4.09. The Kier molecular flexibility index (Phi) is 6.71. The number of amides is 2. The summed E-state index contributed by atoms with van der Waals surface area (Å²) in [5.41, 5.74) is 0.722. The number of likely N-dealkylation sites (tertiary alicyclic amines) is 1. The predicted octanol–water partition coefficient (Wildman–Crippen LogP) is 1.21. The van der Waals surface area contributed by atoms with E-state index >= 15 is 0 Å². The molecule has 0 aromatic heterocycles. The lowest BCUT2D eigenvalue weighted by molar-refractivity contribution is -0.153. The van der Waals surface area contributed by atoms with Gasteiger partial charge in [0.1, 0.15) is 0 Å². The predicted molar refractivity (Wildman–Crippen MR) is 92.3 cm³/mol. The summed E-state index contributed by atoms with van der Waals surface area (Å²) in [7, 11) is 1.28. The summed E-state index contributed by atoms with van der Waals surface area (Å²) in [5.74, 6) is -2.72. The number of carbonyl (C=O) groups is 4. The standard InChI is InChI=1S/C18H22N2O6/c1-3-26-18(24)13-5-4-10-20(11-13)16(22)15(21)19-14-8-6-12(7-9-14)17(23)25-2/h6-9,13H,3-5,10-11H2,1-2H3,(H,19,21). The van der Waals surface area contributed by atoms with E-state index in [0.29, 0.717) is 30.6 Å². The van der Waals surface area contributed by atoms with Crippen LogP contribution in [0.4, 0.5) is 5.69 Å². The minimum Gasteiger partial charge on any atom is -0.466 e. The van der Waals surface area contributed by atoms with E-state index in [1.807, 2.05) is 0 Å². The van der Waals surface area contributed by atoms with E-state index in [-0.39, 0.29) is 19.1 Å². The largest absolute Gasteiger partial charge is 0.466 e. The zero-order valence-electron chi connectivity index (χ0n) is 14.8. The summed E-state index contributed by atoms with van der Waals surface area (Å²) in [6.45, 7) is 2.60. The van der Waals surface area contributed by atoms with E-state index in [1.165, 1.54) is 36.3 Å². The molecule has 0 spiro atoms. The molecule has 26 heavy (non-hydrogen) atoms. The quantitative estimate of drug-likeness (QED) is 0.638. The van der Waals surface area contributed by atoms with E-state index in [2.05, 4.69) is 10.1 Å². The highest BCUT2D eigenvalue weighted by Gasteiger charge is 2.32. The van der Waals surface area contributed by atoms with Gasteiger partial charge in [0.05, 0.1) is 25.2 Å². The van der Waals surface area contributed by atoms with Gasteiger partial charge in [0.15, 0.2) is 0 Å². The number of ether oxygens (including phenoxy) is 2. The summed E-state index contributed by atoms with van der Waals surface area (Å²) < 4.78 is 9.59. The molecular weight excluding hydrogens is 340 g/mol. The molecule has 1 aliphatic rings. The molecule has 1 atom stereocenters. The van der Waals surface area contributed by atoms with Crippen LogP contribution in [0.2, 0.25) is 0 Å². The van der Waals surface area contributed by atoms with Crippen LogP contribution in [0.1, 0.15) is 30.1 Å². The van der Waals surface area contributed by atoms with Gasteiger partial charge in [-0.1, -0.05) is 0 Å². The molecule has 8 heteroatoms. The number of carbonyl (C=O) groups excluding carboxylic acids is 4. The summed E-state index contributed by atoms with van der Waals surface area (Å²) >= 11 is 0. The maximum atomic E-state index is 12.3. The smallest absolute Gasteiger partial charge is 0.337 e. The number of benzene rings is 1. The fraction of sp³-hybridized carbons (Fsp3) is 0.444. The number of hydrogen-bond donors (Lipinski definition) is 1. The van der Waals surface area contributed by atoms with Crippen molar-refractivity contribution >= 4 is 29.4 Å². The SMILES string of the molecule is CCOC(=O)C1CCCN(C(=O)C(=O)Nc2ccc(C(=O)OC)cc2)C1. The first kappa shape index (κ1) is 19.4. The molecule has 1 aliphatic heterocycles. The molecule has 8 nitrogen and oxygen atoms in total. The molecule has 0 saturated carbocycles. The number of methoxy groups -OCH3 is 1. The van der Waals surface area contributed by atoms with Crippen LogP contribution in [0.5, 0.6) is 0 Å². The first-order valence-electron chi connectivity index (χ1n) is 8.41.